The number of rotatable bonds is 6. The fourth-order valence-electron chi connectivity index (χ4n) is 1.29. The van der Waals surface area contributed by atoms with Crippen molar-refractivity contribution in [2.24, 2.45) is 11.1 Å². The van der Waals surface area contributed by atoms with Crippen LogP contribution < -0.4 is 5.73 Å². The van der Waals surface area contributed by atoms with Crippen molar-refractivity contribution in [3.05, 3.63) is 0 Å². The van der Waals surface area contributed by atoms with E-state index in [0.717, 1.165) is 0 Å². The summed E-state index contributed by atoms with van der Waals surface area (Å²) in [6, 6.07) is 1.47. The number of hydrogen-bond acceptors (Lipinski definition) is 4. The van der Waals surface area contributed by atoms with Gasteiger partial charge in [-0.15, -0.1) is 0 Å². The first-order chi connectivity index (χ1) is 7.84. The van der Waals surface area contributed by atoms with E-state index in [9.17, 15) is 4.79 Å². The zero-order valence-electron chi connectivity index (χ0n) is 11.2. The van der Waals surface area contributed by atoms with Crippen LogP contribution >= 0.6 is 0 Å². The van der Waals surface area contributed by atoms with Gasteiger partial charge in [0.15, 0.2) is 0 Å². The van der Waals surface area contributed by atoms with Crippen LogP contribution in [0, 0.1) is 16.7 Å². The molecule has 0 heterocycles. The topological polar surface area (TPSA) is 79.3 Å². The number of ether oxygens (including phenoxy) is 1. The zero-order chi connectivity index (χ0) is 13.5. The van der Waals surface area contributed by atoms with E-state index in [-0.39, 0.29) is 11.3 Å². The molecule has 0 bridgehead atoms. The molecule has 17 heavy (non-hydrogen) atoms. The van der Waals surface area contributed by atoms with Gasteiger partial charge in [0.25, 0.3) is 0 Å². The predicted octanol–water partition coefficient (Wildman–Crippen LogP) is 0.748. The van der Waals surface area contributed by atoms with E-state index in [1.54, 1.807) is 12.0 Å². The predicted molar refractivity (Wildman–Crippen MR) is 66.1 cm³/mol. The molecule has 0 saturated heterocycles. The summed E-state index contributed by atoms with van der Waals surface area (Å²) in [5.74, 6) is -0.121. The Kier molecular flexibility index (Phi) is 6.78. The first kappa shape index (κ1) is 15.9. The average molecular weight is 241 g/mol. The van der Waals surface area contributed by atoms with E-state index in [1.165, 1.54) is 0 Å². The maximum absolute atomic E-state index is 12.1. The summed E-state index contributed by atoms with van der Waals surface area (Å²) in [6.45, 7) is 7.11. The van der Waals surface area contributed by atoms with E-state index in [0.29, 0.717) is 26.1 Å². The van der Waals surface area contributed by atoms with Gasteiger partial charge in [0.1, 0.15) is 0 Å². The molecule has 5 nitrogen and oxygen atoms in total. The van der Waals surface area contributed by atoms with Gasteiger partial charge >= 0.3 is 0 Å². The molecule has 1 atom stereocenters. The molecule has 0 radical (unpaired) electrons. The Morgan fingerprint density at radius 2 is 2.06 bits per heavy atom. The van der Waals surface area contributed by atoms with Crippen LogP contribution in [0.4, 0.5) is 0 Å². The lowest BCUT2D eigenvalue weighted by Gasteiger charge is -2.31. The number of carbonyl (C=O) groups excluding carboxylic acids is 1. The molecule has 0 rings (SSSR count). The fourth-order valence-corrected chi connectivity index (χ4v) is 1.29. The Morgan fingerprint density at radius 1 is 1.47 bits per heavy atom. The van der Waals surface area contributed by atoms with Gasteiger partial charge in [-0.2, -0.15) is 5.26 Å². The quantitative estimate of drug-likeness (QED) is 0.744. The molecule has 2 N–H and O–H groups in total. The lowest BCUT2D eigenvalue weighted by molar-refractivity contribution is -0.135. The minimum atomic E-state index is -0.557. The van der Waals surface area contributed by atoms with Crippen molar-refractivity contribution in [1.82, 2.24) is 4.90 Å². The number of carbonyl (C=O) groups is 1. The summed E-state index contributed by atoms with van der Waals surface area (Å²) in [7, 11) is 1.58. The van der Waals surface area contributed by atoms with Crippen LogP contribution in [0.5, 0.6) is 0 Å². The number of nitrogens with two attached hydrogens (primary N) is 1. The molecule has 0 saturated carbocycles. The highest BCUT2D eigenvalue weighted by Gasteiger charge is 2.30. The second-order valence-corrected chi connectivity index (χ2v) is 5.07. The molecular formula is C12H23N3O2. The highest BCUT2D eigenvalue weighted by Crippen LogP contribution is 2.19. The van der Waals surface area contributed by atoms with E-state index >= 15 is 0 Å². The van der Waals surface area contributed by atoms with Crippen molar-refractivity contribution in [3.8, 4) is 6.07 Å². The smallest absolute Gasteiger partial charge is 0.240 e. The normalized spacial score (nSPS) is 12.9. The minimum absolute atomic E-state index is 0.121. The lowest BCUT2D eigenvalue weighted by atomic mass is 9.86. The van der Waals surface area contributed by atoms with Crippen LogP contribution in [-0.4, -0.2) is 43.7 Å². The van der Waals surface area contributed by atoms with Gasteiger partial charge in [0.2, 0.25) is 5.91 Å². The van der Waals surface area contributed by atoms with Gasteiger partial charge in [-0.25, -0.2) is 0 Å². The second kappa shape index (κ2) is 7.25. The van der Waals surface area contributed by atoms with Crippen molar-refractivity contribution in [2.75, 3.05) is 26.8 Å². The van der Waals surface area contributed by atoms with E-state index < -0.39 is 6.04 Å². The van der Waals surface area contributed by atoms with Gasteiger partial charge < -0.3 is 15.4 Å². The van der Waals surface area contributed by atoms with Crippen LogP contribution in [0.2, 0.25) is 0 Å². The maximum Gasteiger partial charge on any atom is 0.240 e. The summed E-state index contributed by atoms with van der Waals surface area (Å²) < 4.78 is 4.95. The molecule has 98 valence electrons. The Hall–Kier alpha value is -1.12. The highest BCUT2D eigenvalue weighted by atomic mass is 16.5. The third kappa shape index (κ3) is 5.66. The molecule has 1 amide bonds. The van der Waals surface area contributed by atoms with Crippen LogP contribution in [0.1, 0.15) is 27.2 Å². The van der Waals surface area contributed by atoms with Crippen LogP contribution in [0.15, 0.2) is 0 Å². The first-order valence-corrected chi connectivity index (χ1v) is 5.74. The number of amides is 1. The summed E-state index contributed by atoms with van der Waals surface area (Å²) in [5.41, 5.74) is 5.64. The fraction of sp³-hybridized carbons (Fsp3) is 0.833. The lowest BCUT2D eigenvalue weighted by Crippen LogP contribution is -2.51. The number of nitriles is 1. The molecule has 0 spiro atoms. The summed E-state index contributed by atoms with van der Waals surface area (Å²) in [6.07, 6.45) is 0.312. The van der Waals surface area contributed by atoms with Crippen LogP contribution in [0.25, 0.3) is 0 Å². The van der Waals surface area contributed by atoms with E-state index in [2.05, 4.69) is 0 Å². The highest BCUT2D eigenvalue weighted by molar-refractivity contribution is 5.82. The zero-order valence-corrected chi connectivity index (χ0v) is 11.2. The first-order valence-electron chi connectivity index (χ1n) is 5.74. The van der Waals surface area contributed by atoms with Gasteiger partial charge in [0, 0.05) is 20.2 Å². The Labute approximate surface area is 104 Å². The third-order valence-corrected chi connectivity index (χ3v) is 2.57. The Bertz CT molecular complexity index is 278. The van der Waals surface area contributed by atoms with Gasteiger partial charge in [0.05, 0.1) is 25.1 Å². The molecule has 0 aliphatic carbocycles. The molecule has 0 unspecified atom stereocenters. The number of nitrogens with zero attached hydrogens (tertiary/aromatic N) is 2. The summed E-state index contributed by atoms with van der Waals surface area (Å²) in [4.78, 5) is 13.7. The second-order valence-electron chi connectivity index (χ2n) is 5.07. The Balaban J connectivity index is 4.56. The molecule has 0 aliphatic rings. The van der Waals surface area contributed by atoms with Gasteiger partial charge in [-0.05, 0) is 5.41 Å². The van der Waals surface area contributed by atoms with Crippen LogP contribution in [-0.2, 0) is 9.53 Å². The molecule has 5 heteroatoms. The monoisotopic (exact) mass is 241 g/mol. The van der Waals surface area contributed by atoms with Crippen molar-refractivity contribution >= 4 is 5.91 Å². The van der Waals surface area contributed by atoms with E-state index in [4.69, 9.17) is 15.7 Å². The summed E-state index contributed by atoms with van der Waals surface area (Å²) in [5, 5.41) is 8.57. The third-order valence-electron chi connectivity index (χ3n) is 2.57. The minimum Gasteiger partial charge on any atom is -0.383 e. The molecule has 0 aromatic heterocycles. The largest absolute Gasteiger partial charge is 0.383 e. The van der Waals surface area contributed by atoms with Crippen molar-refractivity contribution < 1.29 is 9.53 Å². The van der Waals surface area contributed by atoms with Crippen LogP contribution in [0.3, 0.4) is 0 Å². The maximum atomic E-state index is 12.1. The van der Waals surface area contributed by atoms with E-state index in [1.807, 2.05) is 26.8 Å². The molecule has 0 aromatic rings. The Morgan fingerprint density at radius 3 is 2.47 bits per heavy atom. The molecule has 0 aliphatic heterocycles. The summed E-state index contributed by atoms with van der Waals surface area (Å²) >= 11 is 0. The molecule has 0 fully saturated rings. The van der Waals surface area contributed by atoms with Crippen molar-refractivity contribution in [3.63, 3.8) is 0 Å². The van der Waals surface area contributed by atoms with Gasteiger partial charge in [-0.3, -0.25) is 4.79 Å². The van der Waals surface area contributed by atoms with Crippen molar-refractivity contribution in [1.29, 1.82) is 5.26 Å². The average Bonchev–Trinajstić information content (AvgIpc) is 2.26. The molecule has 0 aromatic carbocycles. The standard InChI is InChI=1S/C12H23N3O2/c1-12(2,3)10(14)11(16)15(7-5-6-13)8-9-17-4/h10H,5,7-9,14H2,1-4H3/t10-/m1/s1. The number of hydrogen-bond donors (Lipinski definition) is 1. The SMILES string of the molecule is COCCN(CCC#N)C(=O)[C@@H](N)C(C)(C)C. The number of methoxy groups -OCH3 is 1. The van der Waals surface area contributed by atoms with Crippen molar-refractivity contribution in [2.45, 2.75) is 33.2 Å². The van der Waals surface area contributed by atoms with Gasteiger partial charge in [-0.1, -0.05) is 20.8 Å². The molecular weight excluding hydrogens is 218 g/mol.